The lowest BCUT2D eigenvalue weighted by molar-refractivity contribution is -0.123. The lowest BCUT2D eigenvalue weighted by Gasteiger charge is -2.24. The first kappa shape index (κ1) is 29.4. The SMILES string of the molecule is CCOc1cc(/C=C2/SC(=Nc3ccccc3)N([C@H](C)c3ccccc3)C2=O)cc(I)c1OCc1ccc(Br)cc1. The standard InChI is InChI=1S/C33H28BrIN2O3S/c1-3-39-29-19-24(18-28(35)31(29)40-21-23-14-16-26(34)17-15-23)20-30-32(38)37(22(2)25-10-6-4-7-11-25)33(41-30)36-27-12-8-5-9-13-27/h4-20,22H,3,21H2,1-2H3/b30-20+,36-33?/t22-/m1/s1. The number of carbonyl (C=O) groups excluding carboxylic acids is 1. The van der Waals surface area contributed by atoms with Crippen LogP contribution in [0, 0.1) is 3.57 Å². The largest absolute Gasteiger partial charge is 0.490 e. The molecule has 0 aromatic heterocycles. The summed E-state index contributed by atoms with van der Waals surface area (Å²) in [6, 6.07) is 31.5. The highest BCUT2D eigenvalue weighted by atomic mass is 127. The fourth-order valence-electron chi connectivity index (χ4n) is 4.36. The predicted octanol–water partition coefficient (Wildman–Crippen LogP) is 9.40. The van der Waals surface area contributed by atoms with Crippen LogP contribution in [0.4, 0.5) is 5.69 Å². The number of aliphatic imine (C=N–C) groups is 1. The van der Waals surface area contributed by atoms with E-state index in [4.69, 9.17) is 14.5 Å². The second-order valence-electron chi connectivity index (χ2n) is 9.28. The summed E-state index contributed by atoms with van der Waals surface area (Å²) in [4.78, 5) is 21.1. The van der Waals surface area contributed by atoms with E-state index in [0.29, 0.717) is 34.8 Å². The molecule has 1 heterocycles. The first-order valence-corrected chi connectivity index (χ1v) is 15.9. The van der Waals surface area contributed by atoms with Gasteiger partial charge in [0.2, 0.25) is 0 Å². The Morgan fingerprint density at radius 2 is 1.66 bits per heavy atom. The summed E-state index contributed by atoms with van der Waals surface area (Å²) in [5, 5.41) is 0.651. The van der Waals surface area contributed by atoms with E-state index < -0.39 is 0 Å². The van der Waals surface area contributed by atoms with Crippen LogP contribution in [0.15, 0.2) is 111 Å². The van der Waals surface area contributed by atoms with Crippen molar-refractivity contribution < 1.29 is 14.3 Å². The van der Waals surface area contributed by atoms with Gasteiger partial charge in [0, 0.05) is 4.47 Å². The van der Waals surface area contributed by atoms with Crippen molar-refractivity contribution in [3.8, 4) is 11.5 Å². The number of para-hydroxylation sites is 1. The molecule has 1 atom stereocenters. The van der Waals surface area contributed by atoms with Gasteiger partial charge in [0.25, 0.3) is 5.91 Å². The van der Waals surface area contributed by atoms with E-state index in [0.717, 1.165) is 30.4 Å². The molecule has 4 aromatic rings. The minimum absolute atomic E-state index is 0.0791. The van der Waals surface area contributed by atoms with Gasteiger partial charge in [-0.2, -0.15) is 0 Å². The highest BCUT2D eigenvalue weighted by molar-refractivity contribution is 14.1. The second kappa shape index (κ2) is 13.7. The smallest absolute Gasteiger partial charge is 0.267 e. The average molecular weight is 739 g/mol. The Morgan fingerprint density at radius 3 is 2.34 bits per heavy atom. The van der Waals surface area contributed by atoms with E-state index >= 15 is 0 Å². The van der Waals surface area contributed by atoms with Gasteiger partial charge < -0.3 is 9.47 Å². The molecule has 5 nitrogen and oxygen atoms in total. The van der Waals surface area contributed by atoms with Gasteiger partial charge >= 0.3 is 0 Å². The van der Waals surface area contributed by atoms with Crippen molar-refractivity contribution in [2.45, 2.75) is 26.5 Å². The maximum absolute atomic E-state index is 13.9. The molecule has 0 radical (unpaired) electrons. The highest BCUT2D eigenvalue weighted by Gasteiger charge is 2.37. The number of thioether (sulfide) groups is 1. The molecule has 0 spiro atoms. The van der Waals surface area contributed by atoms with Crippen LogP contribution in [0.3, 0.4) is 0 Å². The summed E-state index contributed by atoms with van der Waals surface area (Å²) in [5.41, 5.74) is 3.76. The fraction of sp³-hybridized carbons (Fsp3) is 0.152. The molecule has 1 aliphatic heterocycles. The number of amides is 1. The Bertz CT molecular complexity index is 1580. The number of hydrogen-bond acceptors (Lipinski definition) is 5. The molecule has 1 aliphatic rings. The molecule has 0 N–H and O–H groups in total. The van der Waals surface area contributed by atoms with Crippen molar-refractivity contribution in [1.29, 1.82) is 0 Å². The number of amidine groups is 1. The van der Waals surface area contributed by atoms with Crippen molar-refractivity contribution in [2.24, 2.45) is 4.99 Å². The van der Waals surface area contributed by atoms with E-state index in [9.17, 15) is 4.79 Å². The lowest BCUT2D eigenvalue weighted by Crippen LogP contribution is -2.32. The molecule has 8 heteroatoms. The van der Waals surface area contributed by atoms with Gasteiger partial charge in [-0.3, -0.25) is 9.69 Å². The van der Waals surface area contributed by atoms with Crippen LogP contribution >= 0.6 is 50.3 Å². The van der Waals surface area contributed by atoms with Crippen LogP contribution in [-0.4, -0.2) is 22.6 Å². The zero-order valence-electron chi connectivity index (χ0n) is 22.6. The zero-order chi connectivity index (χ0) is 28.8. The van der Waals surface area contributed by atoms with Crippen LogP contribution in [0.1, 0.15) is 36.6 Å². The molecule has 1 fully saturated rings. The van der Waals surface area contributed by atoms with Gasteiger partial charge in [-0.05, 0) is 107 Å². The number of ether oxygens (including phenoxy) is 2. The Morgan fingerprint density at radius 1 is 0.976 bits per heavy atom. The number of carbonyl (C=O) groups is 1. The van der Waals surface area contributed by atoms with Gasteiger partial charge in [-0.1, -0.05) is 76.6 Å². The molecule has 5 rings (SSSR count). The van der Waals surface area contributed by atoms with Crippen molar-refractivity contribution in [3.05, 3.63) is 127 Å². The average Bonchev–Trinajstić information content (AvgIpc) is 3.28. The highest BCUT2D eigenvalue weighted by Crippen LogP contribution is 2.41. The Balaban J connectivity index is 1.47. The molecule has 1 saturated heterocycles. The third-order valence-corrected chi connectivity index (χ3v) is 8.73. The van der Waals surface area contributed by atoms with Crippen LogP contribution in [-0.2, 0) is 11.4 Å². The van der Waals surface area contributed by atoms with Crippen LogP contribution in [0.5, 0.6) is 11.5 Å². The summed E-state index contributed by atoms with van der Waals surface area (Å²) in [7, 11) is 0. The van der Waals surface area contributed by atoms with Crippen molar-refractivity contribution in [2.75, 3.05) is 6.61 Å². The quantitative estimate of drug-likeness (QED) is 0.127. The molecule has 0 bridgehead atoms. The summed E-state index contributed by atoms with van der Waals surface area (Å²) in [6.45, 7) is 4.89. The monoisotopic (exact) mass is 738 g/mol. The number of hydrogen-bond donors (Lipinski definition) is 0. The molecular weight excluding hydrogens is 711 g/mol. The Hall–Kier alpha value is -3.08. The van der Waals surface area contributed by atoms with Gasteiger partial charge in [-0.15, -0.1) is 0 Å². The number of benzene rings is 4. The van der Waals surface area contributed by atoms with E-state index in [2.05, 4.69) is 38.5 Å². The van der Waals surface area contributed by atoms with Crippen molar-refractivity contribution >= 4 is 73.1 Å². The number of halogens is 2. The van der Waals surface area contributed by atoms with Crippen LogP contribution in [0.2, 0.25) is 0 Å². The third kappa shape index (κ3) is 7.23. The van der Waals surface area contributed by atoms with Gasteiger partial charge in [-0.25, -0.2) is 4.99 Å². The third-order valence-electron chi connectivity index (χ3n) is 6.41. The summed E-state index contributed by atoms with van der Waals surface area (Å²) < 4.78 is 14.1. The summed E-state index contributed by atoms with van der Waals surface area (Å²) in [5.74, 6) is 1.25. The van der Waals surface area contributed by atoms with Crippen molar-refractivity contribution in [3.63, 3.8) is 0 Å². The first-order valence-electron chi connectivity index (χ1n) is 13.2. The molecule has 41 heavy (non-hydrogen) atoms. The molecule has 0 saturated carbocycles. The molecule has 4 aromatic carbocycles. The van der Waals surface area contributed by atoms with Crippen molar-refractivity contribution in [1.82, 2.24) is 4.90 Å². The molecule has 0 unspecified atom stereocenters. The minimum Gasteiger partial charge on any atom is -0.490 e. The van der Waals surface area contributed by atoms with E-state index in [1.54, 1.807) is 4.90 Å². The maximum atomic E-state index is 13.9. The van der Waals surface area contributed by atoms with Crippen LogP contribution < -0.4 is 9.47 Å². The number of rotatable bonds is 9. The Labute approximate surface area is 266 Å². The van der Waals surface area contributed by atoms with Gasteiger partial charge in [0.15, 0.2) is 16.7 Å². The topological polar surface area (TPSA) is 51.1 Å². The van der Waals surface area contributed by atoms with E-state index in [1.165, 1.54) is 11.8 Å². The second-order valence-corrected chi connectivity index (χ2v) is 12.4. The predicted molar refractivity (Wildman–Crippen MR) is 180 cm³/mol. The zero-order valence-corrected chi connectivity index (χ0v) is 27.1. The minimum atomic E-state index is -0.182. The first-order chi connectivity index (χ1) is 19.9. The fourth-order valence-corrected chi connectivity index (χ4v) is 6.47. The molecule has 1 amide bonds. The molecule has 0 aliphatic carbocycles. The number of nitrogens with zero attached hydrogens (tertiary/aromatic N) is 2. The van der Waals surface area contributed by atoms with Crippen LogP contribution in [0.25, 0.3) is 6.08 Å². The van der Waals surface area contributed by atoms with Gasteiger partial charge in [0.05, 0.1) is 26.8 Å². The summed E-state index contributed by atoms with van der Waals surface area (Å²) in [6.07, 6.45) is 1.91. The molecular formula is C33H28BrIN2O3S. The lowest BCUT2D eigenvalue weighted by atomic mass is 10.1. The van der Waals surface area contributed by atoms with E-state index in [1.807, 2.05) is 117 Å². The maximum Gasteiger partial charge on any atom is 0.267 e. The summed E-state index contributed by atoms with van der Waals surface area (Å²) >= 11 is 7.12. The Kier molecular flexibility index (Phi) is 9.84. The molecule has 208 valence electrons. The normalized spacial score (nSPS) is 15.9. The van der Waals surface area contributed by atoms with E-state index in [-0.39, 0.29) is 11.9 Å². The van der Waals surface area contributed by atoms with Gasteiger partial charge in [0.1, 0.15) is 6.61 Å².